The van der Waals surface area contributed by atoms with Crippen LogP contribution >= 0.6 is 6.72 Å². The topological polar surface area (TPSA) is 227 Å². The SMILES string of the molecule is COc1ccc(C2(c3ccc(OC)cc3)OC[C@H]3O[C@@H](n4cc(C)c(=O)[nH]c4=O)C[C@@H]3O[P@](=S)(OC[C@H]3O[C@@H](n4cc(C)c(=O)[nH]c4=O)C[C@@H]3O[Si](C)(C)C(C)(C)C)OC(C)(C)CS(=O)(=O)Cc3cccc2c3)cc1. The van der Waals surface area contributed by atoms with Crippen LogP contribution in [0.1, 0.15) is 93.3 Å². The molecule has 406 valence electrons. The highest BCUT2D eigenvalue weighted by molar-refractivity contribution is 8.07. The average Bonchev–Trinajstić information content (AvgIpc) is 3.92. The van der Waals surface area contributed by atoms with E-state index in [-0.39, 0.29) is 42.4 Å². The highest BCUT2D eigenvalue weighted by Crippen LogP contribution is 2.57. The van der Waals surface area contributed by atoms with Crippen LogP contribution in [0.3, 0.4) is 0 Å². The fourth-order valence-electron chi connectivity index (χ4n) is 9.49. The van der Waals surface area contributed by atoms with Crippen molar-refractivity contribution in [2.45, 2.75) is 133 Å². The summed E-state index contributed by atoms with van der Waals surface area (Å²) in [6.45, 7) is 12.1. The van der Waals surface area contributed by atoms with E-state index >= 15 is 0 Å². The smallest absolute Gasteiger partial charge is 0.330 e. The minimum atomic E-state index is -4.18. The molecule has 0 saturated carbocycles. The number of hydrogen-bond donors (Lipinski definition) is 2. The summed E-state index contributed by atoms with van der Waals surface area (Å²) in [6, 6.07) is 21.9. The van der Waals surface area contributed by atoms with Crippen molar-refractivity contribution < 1.29 is 50.1 Å². The van der Waals surface area contributed by atoms with Crippen LogP contribution in [0.4, 0.5) is 0 Å². The van der Waals surface area contributed by atoms with Gasteiger partial charge in [-0.3, -0.25) is 28.7 Å². The number of aromatic nitrogens is 4. The van der Waals surface area contributed by atoms with E-state index in [9.17, 15) is 27.6 Å². The van der Waals surface area contributed by atoms with Gasteiger partial charge in [-0.1, -0.05) is 69.3 Å². The van der Waals surface area contributed by atoms with Crippen LogP contribution in [0, 0.1) is 13.8 Å². The van der Waals surface area contributed by atoms with Crippen molar-refractivity contribution >= 4 is 36.7 Å². The van der Waals surface area contributed by atoms with E-state index in [1.165, 1.54) is 21.5 Å². The minimum Gasteiger partial charge on any atom is -0.497 e. The molecule has 0 aliphatic carbocycles. The Morgan fingerprint density at radius 2 is 1.33 bits per heavy atom. The molecule has 19 nitrogen and oxygen atoms in total. The third-order valence-corrected chi connectivity index (χ3v) is 23.2. The molecule has 3 aromatic carbocycles. The molecule has 3 aliphatic rings. The van der Waals surface area contributed by atoms with E-state index in [1.807, 2.05) is 36.4 Å². The quantitative estimate of drug-likeness (QED) is 0.0998. The fourth-order valence-corrected chi connectivity index (χ4v) is 15.7. The van der Waals surface area contributed by atoms with Gasteiger partial charge in [0.1, 0.15) is 41.8 Å². The number of sulfone groups is 1. The number of benzene rings is 3. The van der Waals surface area contributed by atoms with E-state index in [4.69, 9.17) is 53.5 Å². The molecule has 2 saturated heterocycles. The van der Waals surface area contributed by atoms with Crippen molar-refractivity contribution in [2.75, 3.05) is 33.2 Å². The lowest BCUT2D eigenvalue weighted by molar-refractivity contribution is -0.0953. The van der Waals surface area contributed by atoms with Gasteiger partial charge in [0, 0.05) is 36.4 Å². The first-order chi connectivity index (χ1) is 35.1. The third kappa shape index (κ3) is 12.3. The summed E-state index contributed by atoms with van der Waals surface area (Å²) in [6.07, 6.45) is -2.53. The van der Waals surface area contributed by atoms with Crippen molar-refractivity contribution in [3.8, 4) is 11.5 Å². The number of fused-ring (bicyclic) bond motifs is 3. The van der Waals surface area contributed by atoms with Gasteiger partial charge in [-0.15, -0.1) is 0 Å². The van der Waals surface area contributed by atoms with Crippen LogP contribution in [-0.4, -0.2) is 99.0 Å². The zero-order valence-corrected chi connectivity index (χ0v) is 47.6. The standard InChI is InChI=1S/C52H67N4O15PS2Si/c1-32-26-55(48(59)53-46(32)57)44-24-40-42(67-44)28-65-52(35-15-19-38(63-8)20-16-35,36-17-21-39(64-9)22-18-36)37-14-12-13-34(23-37)30-74(61,62)31-51(6,7)71-72(73,69-40)66-29-43-41(70-75(10,11)50(3,4)5)25-45(68-43)56-27-33(2)47(58)54-49(56)60/h12-23,26-27,40-45H,24-25,28-31H2,1-11H3,(H,53,57,59)(H,54,58,60)/t40-,41-,42+,43+,44+,45+,72+/m0/s1. The van der Waals surface area contributed by atoms with Crippen molar-refractivity contribution in [2.24, 2.45) is 0 Å². The zero-order valence-electron chi connectivity index (χ0n) is 44.1. The van der Waals surface area contributed by atoms with Crippen molar-refractivity contribution in [1.29, 1.82) is 0 Å². The van der Waals surface area contributed by atoms with E-state index in [0.29, 0.717) is 39.3 Å². The predicted octanol–water partition coefficient (Wildman–Crippen LogP) is 7.04. The molecule has 2 bridgehead atoms. The maximum Gasteiger partial charge on any atom is 0.330 e. The second kappa shape index (κ2) is 21.5. The van der Waals surface area contributed by atoms with Gasteiger partial charge >= 0.3 is 18.1 Å². The molecule has 0 spiro atoms. The summed E-state index contributed by atoms with van der Waals surface area (Å²) < 4.78 is 90.8. The van der Waals surface area contributed by atoms with Crippen LogP contribution in [0.15, 0.2) is 104 Å². The van der Waals surface area contributed by atoms with Crippen LogP contribution in [0.5, 0.6) is 11.5 Å². The summed E-state index contributed by atoms with van der Waals surface area (Å²) >= 11 is 6.37. The number of ether oxygens (including phenoxy) is 5. The molecule has 23 heteroatoms. The summed E-state index contributed by atoms with van der Waals surface area (Å²) in [5.74, 6) is 0.280. The van der Waals surface area contributed by atoms with Crippen LogP contribution in [0.25, 0.3) is 0 Å². The van der Waals surface area contributed by atoms with E-state index in [0.717, 1.165) is 0 Å². The Labute approximate surface area is 442 Å². The Morgan fingerprint density at radius 1 is 0.787 bits per heavy atom. The Bertz CT molecular complexity index is 3250. The summed E-state index contributed by atoms with van der Waals surface area (Å²) in [5, 5.41) is -0.235. The maximum absolute atomic E-state index is 14.5. The van der Waals surface area contributed by atoms with E-state index < -0.39 is 101 Å². The van der Waals surface area contributed by atoms with Gasteiger partial charge in [-0.25, -0.2) is 18.0 Å². The molecule has 3 aliphatic heterocycles. The summed E-state index contributed by atoms with van der Waals surface area (Å²) in [5.41, 5.74) is -2.54. The highest BCUT2D eigenvalue weighted by atomic mass is 32.5. The van der Waals surface area contributed by atoms with E-state index in [1.54, 1.807) is 78.3 Å². The number of methoxy groups -OCH3 is 2. The molecule has 2 N–H and O–H groups in total. The maximum atomic E-state index is 14.5. The molecule has 2 aromatic heterocycles. The Balaban J connectivity index is 1.25. The number of nitrogens with zero attached hydrogens (tertiary/aromatic N) is 2. The first-order valence-electron chi connectivity index (χ1n) is 24.6. The molecule has 2 fully saturated rings. The average molecular weight is 1110 g/mol. The molecular formula is C52H67N4O15PS2Si. The zero-order chi connectivity index (χ0) is 54.5. The molecule has 5 aromatic rings. The Kier molecular flexibility index (Phi) is 16.2. The van der Waals surface area contributed by atoms with Crippen LogP contribution in [-0.2, 0) is 65.2 Å². The molecule has 0 amide bonds. The lowest BCUT2D eigenvalue weighted by atomic mass is 9.79. The Hall–Kier alpha value is -4.84. The summed E-state index contributed by atoms with van der Waals surface area (Å²) in [7, 11) is -3.41. The lowest BCUT2D eigenvalue weighted by Gasteiger charge is -2.39. The van der Waals surface area contributed by atoms with Crippen molar-refractivity contribution in [3.05, 3.63) is 160 Å². The number of rotatable bonds is 11. The van der Waals surface area contributed by atoms with Crippen molar-refractivity contribution in [3.63, 3.8) is 0 Å². The van der Waals surface area contributed by atoms with Crippen LogP contribution in [0.2, 0.25) is 18.1 Å². The van der Waals surface area contributed by atoms with E-state index in [2.05, 4.69) is 43.8 Å². The number of hydrogen-bond acceptors (Lipinski definition) is 16. The first-order valence-corrected chi connectivity index (χ1v) is 31.9. The van der Waals surface area contributed by atoms with Crippen LogP contribution < -0.4 is 32.0 Å². The molecule has 0 unspecified atom stereocenters. The van der Waals surface area contributed by atoms with Gasteiger partial charge in [0.15, 0.2) is 18.2 Å². The highest BCUT2D eigenvalue weighted by Gasteiger charge is 2.50. The Morgan fingerprint density at radius 3 is 1.87 bits per heavy atom. The molecule has 75 heavy (non-hydrogen) atoms. The summed E-state index contributed by atoms with van der Waals surface area (Å²) in [4.78, 5) is 56.6. The fraction of sp³-hybridized carbons (Fsp3) is 0.500. The monoisotopic (exact) mass is 1110 g/mol. The predicted molar refractivity (Wildman–Crippen MR) is 287 cm³/mol. The third-order valence-electron chi connectivity index (χ3n) is 14.3. The number of aryl methyl sites for hydroxylation is 2. The van der Waals surface area contributed by atoms with Gasteiger partial charge in [-0.05, 0) is 104 Å². The van der Waals surface area contributed by atoms with Gasteiger partial charge in [0.25, 0.3) is 11.1 Å². The normalized spacial score (nSPS) is 25.9. The number of H-pyrrole nitrogens is 2. The first kappa shape index (κ1) is 56.4. The van der Waals surface area contributed by atoms with Gasteiger partial charge in [0.2, 0.25) is 0 Å². The lowest BCUT2D eigenvalue weighted by Crippen LogP contribution is -2.46. The molecule has 8 rings (SSSR count). The minimum absolute atomic E-state index is 0.0373. The largest absolute Gasteiger partial charge is 0.497 e. The number of aromatic amines is 2. The van der Waals surface area contributed by atoms with Gasteiger partial charge in [0.05, 0.1) is 56.7 Å². The van der Waals surface area contributed by atoms with Gasteiger partial charge < -0.3 is 41.7 Å². The van der Waals surface area contributed by atoms with Crippen molar-refractivity contribution in [1.82, 2.24) is 19.1 Å². The molecule has 5 heterocycles. The molecular weight excluding hydrogens is 1040 g/mol. The number of nitrogens with one attached hydrogen (secondary N) is 2. The second-order valence-corrected chi connectivity index (χ2v) is 31.2. The second-order valence-electron chi connectivity index (χ2n) is 21.5. The van der Waals surface area contributed by atoms with Gasteiger partial charge in [-0.2, -0.15) is 0 Å². The molecule has 7 atom stereocenters. The molecule has 0 radical (unpaired) electrons.